The summed E-state index contributed by atoms with van der Waals surface area (Å²) in [5, 5.41) is 9.29. The largest absolute Gasteiger partial charge is 0.508 e. The van der Waals surface area contributed by atoms with E-state index in [4.69, 9.17) is 4.74 Å². The van der Waals surface area contributed by atoms with E-state index < -0.39 is 5.82 Å². The number of hydrogen-bond donors (Lipinski definition) is 1. The molecule has 0 bridgehead atoms. The van der Waals surface area contributed by atoms with Crippen molar-refractivity contribution in [2.75, 3.05) is 19.7 Å². The Kier molecular flexibility index (Phi) is 4.18. The maximum atomic E-state index is 13.9. The quantitative estimate of drug-likeness (QED) is 0.941. The number of ether oxygens (including phenoxy) is 1. The summed E-state index contributed by atoms with van der Waals surface area (Å²) < 4.78 is 19.6. The maximum absolute atomic E-state index is 13.9. The summed E-state index contributed by atoms with van der Waals surface area (Å²) in [6.45, 7) is 2.90. The van der Waals surface area contributed by atoms with Crippen LogP contribution < -0.4 is 0 Å². The first kappa shape index (κ1) is 14.0. The molecule has 1 heterocycles. The topological polar surface area (TPSA) is 32.7 Å². The van der Waals surface area contributed by atoms with Crippen LogP contribution in [0.15, 0.2) is 48.5 Å². The second kappa shape index (κ2) is 6.24. The van der Waals surface area contributed by atoms with E-state index in [1.807, 2.05) is 18.2 Å². The fourth-order valence-electron chi connectivity index (χ4n) is 2.65. The van der Waals surface area contributed by atoms with Crippen molar-refractivity contribution in [3.63, 3.8) is 0 Å². The van der Waals surface area contributed by atoms with Crippen molar-refractivity contribution in [2.24, 2.45) is 0 Å². The van der Waals surface area contributed by atoms with Gasteiger partial charge in [0.25, 0.3) is 0 Å². The molecule has 110 valence electrons. The molecular formula is C17H18FNO2. The number of halogens is 1. The Labute approximate surface area is 123 Å². The first-order valence-corrected chi connectivity index (χ1v) is 7.08. The zero-order valence-electron chi connectivity index (χ0n) is 11.7. The summed E-state index contributed by atoms with van der Waals surface area (Å²) in [5.74, 6) is -0.477. The second-order valence-corrected chi connectivity index (χ2v) is 5.29. The number of aromatic hydroxyl groups is 1. The fraction of sp³-hybridized carbons (Fsp3) is 0.294. The zero-order chi connectivity index (χ0) is 14.7. The lowest BCUT2D eigenvalue weighted by Gasteiger charge is -2.33. The van der Waals surface area contributed by atoms with Crippen molar-refractivity contribution in [3.8, 4) is 5.75 Å². The number of phenolic OH excluding ortho intramolecular Hbond substituents is 1. The van der Waals surface area contributed by atoms with Crippen molar-refractivity contribution in [2.45, 2.75) is 12.6 Å². The number of morpholine rings is 1. The predicted molar refractivity (Wildman–Crippen MR) is 78.5 cm³/mol. The Hall–Kier alpha value is -1.91. The van der Waals surface area contributed by atoms with Gasteiger partial charge in [-0.25, -0.2) is 4.39 Å². The first-order valence-electron chi connectivity index (χ1n) is 7.08. The van der Waals surface area contributed by atoms with Gasteiger partial charge in [-0.1, -0.05) is 30.3 Å². The highest BCUT2D eigenvalue weighted by Crippen LogP contribution is 2.27. The fourth-order valence-corrected chi connectivity index (χ4v) is 2.65. The molecule has 1 aliphatic rings. The van der Waals surface area contributed by atoms with E-state index in [9.17, 15) is 9.50 Å². The molecule has 1 atom stereocenters. The summed E-state index contributed by atoms with van der Waals surface area (Å²) in [5.41, 5.74) is 1.75. The Balaban J connectivity index is 1.71. The van der Waals surface area contributed by atoms with Crippen LogP contribution in [0.5, 0.6) is 5.75 Å². The minimum absolute atomic E-state index is 0.0619. The highest BCUT2D eigenvalue weighted by atomic mass is 19.1. The molecule has 0 radical (unpaired) electrons. The minimum atomic E-state index is -0.415. The van der Waals surface area contributed by atoms with E-state index in [1.54, 1.807) is 6.07 Å². The molecule has 21 heavy (non-hydrogen) atoms. The van der Waals surface area contributed by atoms with Gasteiger partial charge in [-0.05, 0) is 17.7 Å². The molecule has 1 unspecified atom stereocenters. The molecule has 2 aromatic carbocycles. The Morgan fingerprint density at radius 3 is 2.76 bits per heavy atom. The van der Waals surface area contributed by atoms with Crippen LogP contribution in [-0.2, 0) is 11.3 Å². The van der Waals surface area contributed by atoms with Crippen LogP contribution in [0.1, 0.15) is 17.2 Å². The molecule has 3 rings (SSSR count). The van der Waals surface area contributed by atoms with Crippen molar-refractivity contribution in [1.82, 2.24) is 4.90 Å². The SMILES string of the molecule is Oc1ccc(C2CN(Cc3ccccc3)CCO2)c(F)c1. The predicted octanol–water partition coefficient (Wildman–Crippen LogP) is 3.10. The van der Waals surface area contributed by atoms with Gasteiger partial charge >= 0.3 is 0 Å². The molecule has 0 aliphatic carbocycles. The standard InChI is InChI=1S/C17H18FNO2/c18-16-10-14(20)6-7-15(16)17-12-19(8-9-21-17)11-13-4-2-1-3-5-13/h1-7,10,17,20H,8-9,11-12H2. The third-order valence-electron chi connectivity index (χ3n) is 3.73. The maximum Gasteiger partial charge on any atom is 0.132 e. The summed E-state index contributed by atoms with van der Waals surface area (Å²) in [4.78, 5) is 2.26. The monoisotopic (exact) mass is 287 g/mol. The molecule has 1 fully saturated rings. The summed E-state index contributed by atoms with van der Waals surface area (Å²) in [7, 11) is 0. The van der Waals surface area contributed by atoms with Gasteiger partial charge in [-0.2, -0.15) is 0 Å². The highest BCUT2D eigenvalue weighted by Gasteiger charge is 2.24. The third kappa shape index (κ3) is 3.40. The molecule has 0 aromatic heterocycles. The highest BCUT2D eigenvalue weighted by molar-refractivity contribution is 5.29. The number of nitrogens with zero attached hydrogens (tertiary/aromatic N) is 1. The first-order chi connectivity index (χ1) is 10.2. The van der Waals surface area contributed by atoms with Gasteiger partial charge in [0, 0.05) is 31.3 Å². The zero-order valence-corrected chi connectivity index (χ0v) is 11.7. The van der Waals surface area contributed by atoms with Crippen LogP contribution in [-0.4, -0.2) is 29.7 Å². The molecule has 1 aliphatic heterocycles. The molecule has 4 heteroatoms. The lowest BCUT2D eigenvalue weighted by atomic mass is 10.1. The molecule has 2 aromatic rings. The second-order valence-electron chi connectivity index (χ2n) is 5.29. The van der Waals surface area contributed by atoms with Gasteiger partial charge in [-0.3, -0.25) is 4.90 Å². The van der Waals surface area contributed by atoms with Crippen molar-refractivity contribution >= 4 is 0 Å². The van der Waals surface area contributed by atoms with E-state index in [1.165, 1.54) is 11.6 Å². The van der Waals surface area contributed by atoms with Gasteiger partial charge in [0.15, 0.2) is 0 Å². The Morgan fingerprint density at radius 2 is 2.00 bits per heavy atom. The molecule has 0 spiro atoms. The van der Waals surface area contributed by atoms with Crippen molar-refractivity contribution in [1.29, 1.82) is 0 Å². The van der Waals surface area contributed by atoms with Crippen LogP contribution in [0.25, 0.3) is 0 Å². The van der Waals surface area contributed by atoms with Crippen LogP contribution in [0.2, 0.25) is 0 Å². The summed E-state index contributed by atoms with van der Waals surface area (Å²) in [6, 6.07) is 14.4. The van der Waals surface area contributed by atoms with Gasteiger partial charge in [0.05, 0.1) is 12.7 Å². The summed E-state index contributed by atoms with van der Waals surface area (Å²) in [6.07, 6.45) is -0.289. The van der Waals surface area contributed by atoms with Crippen LogP contribution >= 0.6 is 0 Å². The minimum Gasteiger partial charge on any atom is -0.508 e. The van der Waals surface area contributed by atoms with Crippen LogP contribution in [0.4, 0.5) is 4.39 Å². The van der Waals surface area contributed by atoms with Crippen molar-refractivity contribution < 1.29 is 14.2 Å². The molecule has 0 amide bonds. The Morgan fingerprint density at radius 1 is 1.19 bits per heavy atom. The van der Waals surface area contributed by atoms with Gasteiger partial charge in [-0.15, -0.1) is 0 Å². The molecule has 1 saturated heterocycles. The lowest BCUT2D eigenvalue weighted by molar-refractivity contribution is -0.0345. The van der Waals surface area contributed by atoms with E-state index in [2.05, 4.69) is 17.0 Å². The van der Waals surface area contributed by atoms with Crippen LogP contribution in [0, 0.1) is 5.82 Å². The van der Waals surface area contributed by atoms with E-state index in [0.717, 1.165) is 19.2 Å². The molecule has 1 N–H and O–H groups in total. The average Bonchev–Trinajstić information content (AvgIpc) is 2.48. The molecule has 0 saturated carbocycles. The van der Waals surface area contributed by atoms with Gasteiger partial charge < -0.3 is 9.84 Å². The number of rotatable bonds is 3. The molecular weight excluding hydrogens is 269 g/mol. The van der Waals surface area contributed by atoms with Crippen LogP contribution in [0.3, 0.4) is 0 Å². The third-order valence-corrected chi connectivity index (χ3v) is 3.73. The van der Waals surface area contributed by atoms with Gasteiger partial charge in [0.2, 0.25) is 0 Å². The number of phenols is 1. The van der Waals surface area contributed by atoms with Crippen molar-refractivity contribution in [3.05, 3.63) is 65.5 Å². The molecule has 3 nitrogen and oxygen atoms in total. The average molecular weight is 287 g/mol. The van der Waals surface area contributed by atoms with E-state index >= 15 is 0 Å². The number of benzene rings is 2. The lowest BCUT2D eigenvalue weighted by Crippen LogP contribution is -2.38. The Bertz CT molecular complexity index is 603. The van der Waals surface area contributed by atoms with E-state index in [0.29, 0.717) is 18.7 Å². The number of hydrogen-bond acceptors (Lipinski definition) is 3. The van der Waals surface area contributed by atoms with Gasteiger partial charge in [0.1, 0.15) is 11.6 Å². The summed E-state index contributed by atoms with van der Waals surface area (Å²) >= 11 is 0. The smallest absolute Gasteiger partial charge is 0.132 e. The normalized spacial score (nSPS) is 19.6. The van der Waals surface area contributed by atoms with E-state index in [-0.39, 0.29) is 11.9 Å².